The summed E-state index contributed by atoms with van der Waals surface area (Å²) in [6, 6.07) is 14.1. The van der Waals surface area contributed by atoms with Crippen molar-refractivity contribution in [2.45, 2.75) is 0 Å². The molecule has 0 atom stereocenters. The van der Waals surface area contributed by atoms with Crippen LogP contribution < -0.4 is 5.73 Å². The van der Waals surface area contributed by atoms with Gasteiger partial charge in [0.2, 0.25) is 0 Å². The van der Waals surface area contributed by atoms with Crippen LogP contribution in [0.1, 0.15) is 15.9 Å². The summed E-state index contributed by atoms with van der Waals surface area (Å²) >= 11 is 5.80. The molecule has 2 aromatic rings. The molecule has 0 aliphatic carbocycles. The van der Waals surface area contributed by atoms with Crippen molar-refractivity contribution >= 4 is 29.4 Å². The van der Waals surface area contributed by atoms with E-state index in [1.54, 1.807) is 49.7 Å². The van der Waals surface area contributed by atoms with E-state index < -0.39 is 0 Å². The highest BCUT2D eigenvalue weighted by atomic mass is 35.5. The third-order valence-electron chi connectivity index (χ3n) is 2.74. The Morgan fingerprint density at radius 3 is 2.50 bits per heavy atom. The number of halogens is 1. The van der Waals surface area contributed by atoms with E-state index in [2.05, 4.69) is 5.10 Å². The molecular weight excluding hydrogens is 274 g/mol. The molecule has 4 nitrogen and oxygen atoms in total. The minimum Gasteiger partial charge on any atom is -0.398 e. The van der Waals surface area contributed by atoms with Crippen LogP contribution in [0.3, 0.4) is 0 Å². The van der Waals surface area contributed by atoms with Crippen molar-refractivity contribution in [2.75, 3.05) is 12.8 Å². The minimum absolute atomic E-state index is 0.256. The van der Waals surface area contributed by atoms with Crippen molar-refractivity contribution in [3.8, 4) is 0 Å². The first kappa shape index (κ1) is 14.1. The van der Waals surface area contributed by atoms with E-state index in [1.807, 2.05) is 12.1 Å². The lowest BCUT2D eigenvalue weighted by Gasteiger charge is -2.12. The molecule has 0 unspecified atom stereocenters. The van der Waals surface area contributed by atoms with Gasteiger partial charge in [0.25, 0.3) is 5.91 Å². The monoisotopic (exact) mass is 287 g/mol. The van der Waals surface area contributed by atoms with Gasteiger partial charge in [-0.2, -0.15) is 5.10 Å². The summed E-state index contributed by atoms with van der Waals surface area (Å²) in [5.41, 5.74) is 7.50. The molecule has 20 heavy (non-hydrogen) atoms. The standard InChI is InChI=1S/C15H14ClN3O/c1-19(15(20)13-4-2-3-5-14(13)17)18-10-11-6-8-12(16)9-7-11/h2-10H,17H2,1H3/b18-10+. The van der Waals surface area contributed by atoms with Crippen molar-refractivity contribution in [1.29, 1.82) is 0 Å². The zero-order valence-electron chi connectivity index (χ0n) is 11.0. The Bertz CT molecular complexity index is 638. The van der Waals surface area contributed by atoms with Gasteiger partial charge < -0.3 is 5.73 Å². The third kappa shape index (κ3) is 3.36. The molecule has 0 radical (unpaired) electrons. The predicted molar refractivity (Wildman–Crippen MR) is 82.0 cm³/mol. The van der Waals surface area contributed by atoms with Crippen LogP contribution in [0.25, 0.3) is 0 Å². The number of nitrogen functional groups attached to an aromatic ring is 1. The van der Waals surface area contributed by atoms with Crippen LogP contribution in [0.2, 0.25) is 5.02 Å². The number of rotatable bonds is 3. The molecule has 0 spiro atoms. The van der Waals surface area contributed by atoms with Crippen molar-refractivity contribution < 1.29 is 4.79 Å². The Morgan fingerprint density at radius 2 is 1.85 bits per heavy atom. The van der Waals surface area contributed by atoms with Gasteiger partial charge in [0.1, 0.15) is 0 Å². The highest BCUT2D eigenvalue weighted by Crippen LogP contribution is 2.13. The summed E-state index contributed by atoms with van der Waals surface area (Å²) < 4.78 is 0. The number of nitrogens with two attached hydrogens (primary N) is 1. The van der Waals surface area contributed by atoms with E-state index in [-0.39, 0.29) is 5.91 Å². The lowest BCUT2D eigenvalue weighted by Crippen LogP contribution is -2.22. The fourth-order valence-electron chi connectivity index (χ4n) is 1.62. The molecule has 0 saturated heterocycles. The maximum atomic E-state index is 12.2. The minimum atomic E-state index is -0.256. The fraction of sp³-hybridized carbons (Fsp3) is 0.0667. The molecule has 0 bridgehead atoms. The van der Waals surface area contributed by atoms with Crippen molar-refractivity contribution in [3.05, 3.63) is 64.7 Å². The molecule has 102 valence electrons. The van der Waals surface area contributed by atoms with Gasteiger partial charge in [-0.25, -0.2) is 5.01 Å². The first-order valence-corrected chi connectivity index (χ1v) is 6.38. The summed E-state index contributed by atoms with van der Waals surface area (Å²) in [7, 11) is 1.58. The molecule has 0 saturated carbocycles. The zero-order valence-corrected chi connectivity index (χ0v) is 11.7. The first-order chi connectivity index (χ1) is 9.58. The summed E-state index contributed by atoms with van der Waals surface area (Å²) in [5, 5.41) is 6.01. The first-order valence-electron chi connectivity index (χ1n) is 6.00. The van der Waals surface area contributed by atoms with E-state index in [4.69, 9.17) is 17.3 Å². The molecule has 2 aromatic carbocycles. The SMILES string of the molecule is CN(/N=C/c1ccc(Cl)cc1)C(=O)c1ccccc1N. The number of amides is 1. The maximum absolute atomic E-state index is 12.2. The molecule has 0 aliphatic heterocycles. The van der Waals surface area contributed by atoms with E-state index in [0.29, 0.717) is 16.3 Å². The Hall–Kier alpha value is -2.33. The molecular formula is C15H14ClN3O. The van der Waals surface area contributed by atoms with Crippen molar-refractivity contribution in [2.24, 2.45) is 5.10 Å². The summed E-state index contributed by atoms with van der Waals surface area (Å²) in [4.78, 5) is 12.2. The van der Waals surface area contributed by atoms with Crippen LogP contribution in [-0.2, 0) is 0 Å². The van der Waals surface area contributed by atoms with E-state index >= 15 is 0 Å². The number of carbonyl (C=O) groups is 1. The Labute approximate surface area is 122 Å². The van der Waals surface area contributed by atoms with Gasteiger partial charge >= 0.3 is 0 Å². The summed E-state index contributed by atoms with van der Waals surface area (Å²) in [6.07, 6.45) is 1.59. The molecule has 0 aromatic heterocycles. The van der Waals surface area contributed by atoms with Crippen LogP contribution in [0.5, 0.6) is 0 Å². The molecule has 0 aliphatic rings. The predicted octanol–water partition coefficient (Wildman–Crippen LogP) is 3.03. The van der Waals surface area contributed by atoms with Crippen LogP contribution in [0, 0.1) is 0 Å². The van der Waals surface area contributed by atoms with E-state index in [9.17, 15) is 4.79 Å². The molecule has 5 heteroatoms. The van der Waals surface area contributed by atoms with Crippen LogP contribution >= 0.6 is 11.6 Å². The highest BCUT2D eigenvalue weighted by Gasteiger charge is 2.12. The van der Waals surface area contributed by atoms with Crippen molar-refractivity contribution in [1.82, 2.24) is 5.01 Å². The van der Waals surface area contributed by atoms with Gasteiger partial charge in [-0.05, 0) is 29.8 Å². The van der Waals surface area contributed by atoms with Gasteiger partial charge in [-0.3, -0.25) is 4.79 Å². The van der Waals surface area contributed by atoms with Gasteiger partial charge in [-0.1, -0.05) is 35.9 Å². The maximum Gasteiger partial charge on any atom is 0.275 e. The lowest BCUT2D eigenvalue weighted by atomic mass is 10.1. The normalized spacial score (nSPS) is 10.7. The number of carbonyl (C=O) groups excluding carboxylic acids is 1. The lowest BCUT2D eigenvalue weighted by molar-refractivity contribution is 0.0801. The number of benzene rings is 2. The molecule has 0 fully saturated rings. The Morgan fingerprint density at radius 1 is 1.20 bits per heavy atom. The van der Waals surface area contributed by atoms with Crippen molar-refractivity contribution in [3.63, 3.8) is 0 Å². The fourth-order valence-corrected chi connectivity index (χ4v) is 1.75. The number of hydrogen-bond acceptors (Lipinski definition) is 3. The molecule has 2 N–H and O–H groups in total. The average molecular weight is 288 g/mol. The zero-order chi connectivity index (χ0) is 14.5. The number of anilines is 1. The number of hydrazone groups is 1. The smallest absolute Gasteiger partial charge is 0.275 e. The highest BCUT2D eigenvalue weighted by molar-refractivity contribution is 6.30. The molecule has 2 rings (SSSR count). The largest absolute Gasteiger partial charge is 0.398 e. The van der Waals surface area contributed by atoms with E-state index in [0.717, 1.165) is 5.56 Å². The number of hydrogen-bond donors (Lipinski definition) is 1. The van der Waals surface area contributed by atoms with Crippen LogP contribution in [-0.4, -0.2) is 24.2 Å². The van der Waals surface area contributed by atoms with Gasteiger partial charge in [0, 0.05) is 17.8 Å². The Kier molecular flexibility index (Phi) is 4.38. The second kappa shape index (κ2) is 6.21. The second-order valence-electron chi connectivity index (χ2n) is 4.21. The number of nitrogens with zero attached hydrogens (tertiary/aromatic N) is 2. The molecule has 0 heterocycles. The summed E-state index contributed by atoms with van der Waals surface area (Å²) in [6.45, 7) is 0. The van der Waals surface area contributed by atoms with Crippen LogP contribution in [0.4, 0.5) is 5.69 Å². The quantitative estimate of drug-likeness (QED) is 0.536. The number of para-hydroxylation sites is 1. The van der Waals surface area contributed by atoms with Gasteiger partial charge in [0.15, 0.2) is 0 Å². The average Bonchev–Trinajstić information content (AvgIpc) is 2.46. The van der Waals surface area contributed by atoms with Gasteiger partial charge in [0.05, 0.1) is 11.8 Å². The summed E-state index contributed by atoms with van der Waals surface area (Å²) in [5.74, 6) is -0.256. The topological polar surface area (TPSA) is 58.7 Å². The Balaban J connectivity index is 2.12. The van der Waals surface area contributed by atoms with Gasteiger partial charge in [-0.15, -0.1) is 0 Å². The van der Waals surface area contributed by atoms with Crippen LogP contribution in [0.15, 0.2) is 53.6 Å². The third-order valence-corrected chi connectivity index (χ3v) is 2.99. The molecule has 1 amide bonds. The second-order valence-corrected chi connectivity index (χ2v) is 4.65. The van der Waals surface area contributed by atoms with E-state index in [1.165, 1.54) is 5.01 Å².